The quantitative estimate of drug-likeness (QED) is 0.0282. The highest BCUT2D eigenvalue weighted by Gasteiger charge is 2.47. The predicted molar refractivity (Wildman–Crippen MR) is 311 cm³/mol. The number of fused-ring (bicyclic) bond motifs is 8. The van der Waals surface area contributed by atoms with Gasteiger partial charge in [-0.15, -0.1) is 0 Å². The molecule has 24 nitrogen and oxygen atoms in total. The molecule has 0 saturated carbocycles. The fraction of sp³-hybridized carbons (Fsp3) is 0.333. The lowest BCUT2D eigenvalue weighted by atomic mass is 10.1. The second-order valence-electron chi connectivity index (χ2n) is 21.1. The molecule has 5 aliphatic heterocycles. The van der Waals surface area contributed by atoms with Gasteiger partial charge in [-0.3, -0.25) is 47.8 Å². The van der Waals surface area contributed by atoms with Crippen LogP contribution in [0.1, 0.15) is 82.5 Å². The van der Waals surface area contributed by atoms with E-state index in [4.69, 9.17) is 18.9 Å². The van der Waals surface area contributed by atoms with Crippen LogP contribution in [0.4, 0.5) is 28.4 Å². The fourth-order valence-corrected chi connectivity index (χ4v) is 12.0. The number of carbonyl (C=O) groups excluding carboxylic acids is 8. The molecular formula is C60H63N9O15S. The van der Waals surface area contributed by atoms with E-state index in [2.05, 4.69) is 31.9 Å². The number of amides is 8. The summed E-state index contributed by atoms with van der Waals surface area (Å²) in [7, 11) is -1.95. The number of unbranched alkanes of at least 4 members (excludes halogenated alkanes) is 1. The number of nitrogens with one attached hydrogen (secondary N) is 6. The van der Waals surface area contributed by atoms with Crippen molar-refractivity contribution >= 4 is 85.8 Å². The number of nitrogens with zero attached hydrogens (tertiary/aromatic N) is 3. The SMILES string of the molecule is COc1cc2c(cc1OCc1cc(COc3cc4c(cc3OC)C(=O)N3c5ccccc5CC3C(S(=O)(=O)O)N4)cc(NC(=O)C(C)NC(=O)C(C)NC(=O)CCCCC(=O)NCCN3C(=O)C=CC3=O)c1)NCC1Cc3ccccc3N1C2=O. The molecule has 0 aromatic heterocycles. The summed E-state index contributed by atoms with van der Waals surface area (Å²) < 4.78 is 60.8. The van der Waals surface area contributed by atoms with E-state index in [1.54, 1.807) is 54.6 Å². The van der Waals surface area contributed by atoms with E-state index in [1.807, 2.05) is 29.2 Å². The first-order chi connectivity index (χ1) is 40.8. The predicted octanol–water partition coefficient (Wildman–Crippen LogP) is 4.62. The molecule has 0 aliphatic carbocycles. The maximum atomic E-state index is 14.3. The normalized spacial score (nSPS) is 17.9. The van der Waals surface area contributed by atoms with E-state index in [-0.39, 0.29) is 97.6 Å². The lowest BCUT2D eigenvalue weighted by Gasteiger charge is -2.27. The van der Waals surface area contributed by atoms with Crippen LogP contribution in [-0.2, 0) is 64.9 Å². The van der Waals surface area contributed by atoms with Crippen molar-refractivity contribution in [3.8, 4) is 23.0 Å². The molecule has 5 atom stereocenters. The molecule has 25 heteroatoms. The van der Waals surface area contributed by atoms with E-state index in [0.29, 0.717) is 59.6 Å². The Morgan fingerprint density at radius 1 is 0.671 bits per heavy atom. The molecule has 10 rings (SSSR count). The van der Waals surface area contributed by atoms with Gasteiger partial charge in [0.1, 0.15) is 25.3 Å². The zero-order valence-electron chi connectivity index (χ0n) is 46.9. The van der Waals surface area contributed by atoms with Gasteiger partial charge in [-0.1, -0.05) is 36.4 Å². The van der Waals surface area contributed by atoms with Crippen LogP contribution in [0.3, 0.4) is 0 Å². The fourth-order valence-electron chi connectivity index (χ4n) is 11.1. The molecule has 444 valence electrons. The average Bonchev–Trinajstić information content (AvgIpc) is 2.20. The highest BCUT2D eigenvalue weighted by atomic mass is 32.2. The number of carbonyl (C=O) groups is 8. The van der Waals surface area contributed by atoms with Crippen molar-refractivity contribution in [3.63, 3.8) is 0 Å². The third kappa shape index (κ3) is 12.7. The van der Waals surface area contributed by atoms with E-state index in [1.165, 1.54) is 45.1 Å². The molecule has 8 amide bonds. The molecule has 0 radical (unpaired) electrons. The molecule has 5 aliphatic rings. The maximum Gasteiger partial charge on any atom is 0.288 e. The van der Waals surface area contributed by atoms with Crippen molar-refractivity contribution in [2.24, 2.45) is 0 Å². The van der Waals surface area contributed by atoms with Crippen molar-refractivity contribution in [3.05, 3.63) is 137 Å². The summed E-state index contributed by atoms with van der Waals surface area (Å²) in [5.41, 5.74) is 5.52. The van der Waals surface area contributed by atoms with Crippen LogP contribution < -0.4 is 60.6 Å². The molecule has 5 heterocycles. The van der Waals surface area contributed by atoms with Gasteiger partial charge in [-0.05, 0) is 104 Å². The first kappa shape index (κ1) is 58.7. The third-order valence-corrected chi connectivity index (χ3v) is 16.4. The summed E-state index contributed by atoms with van der Waals surface area (Å²) in [6, 6.07) is 22.8. The van der Waals surface area contributed by atoms with Crippen molar-refractivity contribution in [2.45, 2.75) is 95.1 Å². The summed E-state index contributed by atoms with van der Waals surface area (Å²) in [5, 5.41) is 15.4. The Labute approximate surface area is 489 Å². The Kier molecular flexibility index (Phi) is 17.1. The standard InChI is InChI=1S/C60H63N9O15S/c1-33(63-53(71)16-10-9-15-52(70)61-19-20-67-54(72)17-18-55(67)73)56(74)64-34(2)57(75)65-39-22-35(31-83-50-28-43-41(26-48(50)81-3)59(76)68-40(30-62-43)24-37-11-5-7-13-45(37)68)21-36(23-39)32-84-51-29-44-42(27-49(51)82-4)60(77)69-46-14-8-6-12-38(46)25-47(69)58(66-44)85(78,79)80/h5-8,11-14,17-18,21-23,26-29,33-34,40,47,58,62,66H,9-10,15-16,19-20,24-25,30-32H2,1-4H3,(H,61,70)(H,63,71)(H,64,74)(H,65,75)(H,78,79,80). The number of para-hydroxylation sites is 2. The van der Waals surface area contributed by atoms with Gasteiger partial charge in [0, 0.05) is 73.8 Å². The Balaban J connectivity index is 0.829. The second-order valence-corrected chi connectivity index (χ2v) is 22.7. The topological polar surface area (TPSA) is 310 Å². The van der Waals surface area contributed by atoms with Crippen LogP contribution in [0.15, 0.2) is 103 Å². The molecule has 0 spiro atoms. The zero-order valence-corrected chi connectivity index (χ0v) is 47.7. The number of hydrogen-bond acceptors (Lipinski definition) is 16. The molecule has 5 aromatic carbocycles. The van der Waals surface area contributed by atoms with Crippen molar-refractivity contribution in [1.29, 1.82) is 0 Å². The highest BCUT2D eigenvalue weighted by Crippen LogP contribution is 2.44. The Morgan fingerprint density at radius 2 is 1.22 bits per heavy atom. The van der Waals surface area contributed by atoms with Crippen molar-refractivity contribution < 1.29 is 70.3 Å². The van der Waals surface area contributed by atoms with E-state index in [9.17, 15) is 51.3 Å². The number of ether oxygens (including phenoxy) is 4. The van der Waals surface area contributed by atoms with Crippen LogP contribution in [0.25, 0.3) is 0 Å². The number of benzene rings is 5. The minimum atomic E-state index is -4.79. The van der Waals surface area contributed by atoms with E-state index < -0.39 is 69.1 Å². The highest BCUT2D eigenvalue weighted by molar-refractivity contribution is 7.86. The molecule has 5 aromatic rings. The van der Waals surface area contributed by atoms with Gasteiger partial charge < -0.3 is 60.6 Å². The van der Waals surface area contributed by atoms with Crippen LogP contribution in [0.2, 0.25) is 0 Å². The number of hydrogen-bond donors (Lipinski definition) is 7. The number of imide groups is 1. The summed E-state index contributed by atoms with van der Waals surface area (Å²) >= 11 is 0. The monoisotopic (exact) mass is 1180 g/mol. The smallest absolute Gasteiger partial charge is 0.288 e. The first-order valence-electron chi connectivity index (χ1n) is 27.6. The number of rotatable bonds is 22. The lowest BCUT2D eigenvalue weighted by molar-refractivity contribution is -0.137. The van der Waals surface area contributed by atoms with Gasteiger partial charge in [-0.2, -0.15) is 8.42 Å². The Bertz CT molecular complexity index is 3670. The second kappa shape index (κ2) is 24.8. The summed E-state index contributed by atoms with van der Waals surface area (Å²) in [4.78, 5) is 108. The minimum Gasteiger partial charge on any atom is -0.493 e. The molecule has 0 fully saturated rings. The maximum absolute atomic E-state index is 14.3. The van der Waals surface area contributed by atoms with Crippen LogP contribution in [0, 0.1) is 0 Å². The Morgan fingerprint density at radius 3 is 1.85 bits per heavy atom. The number of methoxy groups -OCH3 is 2. The van der Waals surface area contributed by atoms with Gasteiger partial charge in [0.2, 0.25) is 23.6 Å². The van der Waals surface area contributed by atoms with Gasteiger partial charge in [-0.25, -0.2) is 0 Å². The van der Waals surface area contributed by atoms with Gasteiger partial charge >= 0.3 is 0 Å². The zero-order chi connectivity index (χ0) is 60.3. The van der Waals surface area contributed by atoms with Crippen LogP contribution in [0.5, 0.6) is 23.0 Å². The van der Waals surface area contributed by atoms with Crippen LogP contribution in [-0.4, -0.2) is 129 Å². The first-order valence-corrected chi connectivity index (χ1v) is 29.1. The molecule has 0 saturated heterocycles. The largest absolute Gasteiger partial charge is 0.493 e. The lowest BCUT2D eigenvalue weighted by Crippen LogP contribution is -2.50. The van der Waals surface area contributed by atoms with Gasteiger partial charge in [0.15, 0.2) is 28.4 Å². The number of anilines is 5. The summed E-state index contributed by atoms with van der Waals surface area (Å²) in [6.07, 6.45) is 3.97. The minimum absolute atomic E-state index is 0.0128. The van der Waals surface area contributed by atoms with Gasteiger partial charge in [0.25, 0.3) is 33.7 Å². The molecule has 5 unspecified atom stereocenters. The third-order valence-electron chi connectivity index (χ3n) is 15.3. The van der Waals surface area contributed by atoms with Crippen molar-refractivity contribution in [1.82, 2.24) is 20.9 Å². The Hall–Kier alpha value is -9.49. The van der Waals surface area contributed by atoms with E-state index in [0.717, 1.165) is 33.9 Å². The summed E-state index contributed by atoms with van der Waals surface area (Å²) in [6.45, 7) is 3.23. The van der Waals surface area contributed by atoms with Gasteiger partial charge in [0.05, 0.1) is 48.8 Å². The molecule has 85 heavy (non-hydrogen) atoms. The average molecular weight is 1180 g/mol. The van der Waals surface area contributed by atoms with Crippen molar-refractivity contribution in [2.75, 3.05) is 59.6 Å². The summed E-state index contributed by atoms with van der Waals surface area (Å²) in [5.74, 6) is -2.82. The van der Waals surface area contributed by atoms with E-state index >= 15 is 0 Å². The molecule has 0 bridgehead atoms. The molecular weight excluding hydrogens is 1120 g/mol. The van der Waals surface area contributed by atoms with Crippen LogP contribution >= 0.6 is 0 Å². The molecule has 7 N–H and O–H groups in total.